The Labute approximate surface area is 137 Å². The van der Waals surface area contributed by atoms with Gasteiger partial charge in [-0.1, -0.05) is 15.9 Å². The maximum absolute atomic E-state index is 13.3. The Morgan fingerprint density at radius 1 is 1.20 bits per heavy atom. The summed E-state index contributed by atoms with van der Waals surface area (Å²) in [5, 5.41) is 12.6. The molecule has 0 spiro atoms. The lowest BCUT2D eigenvalue weighted by Gasteiger charge is -2.35. The average Bonchev–Trinajstić information content (AvgIpc) is 2.35. The van der Waals surface area contributed by atoms with Crippen molar-refractivity contribution in [2.45, 2.75) is 12.5 Å². The van der Waals surface area contributed by atoms with Crippen LogP contribution in [-0.4, -0.2) is 42.6 Å². The molecule has 0 bridgehead atoms. The van der Waals surface area contributed by atoms with Gasteiger partial charge in [-0.25, -0.2) is 8.78 Å². The Balaban J connectivity index is 0.00000180. The quantitative estimate of drug-likeness (QED) is 0.827. The lowest BCUT2D eigenvalue weighted by atomic mass is 10.0. The fourth-order valence-corrected chi connectivity index (χ4v) is 2.69. The minimum Gasteiger partial charge on any atom is -0.508 e. The second kappa shape index (κ2) is 9.00. The molecule has 0 amide bonds. The lowest BCUT2D eigenvalue weighted by Crippen LogP contribution is -2.47. The minimum atomic E-state index is -2.49. The molecular formula is C12H17BrCl2F2N2O. The van der Waals surface area contributed by atoms with E-state index in [1.54, 1.807) is 11.0 Å². The first-order valence-electron chi connectivity index (χ1n) is 5.81. The van der Waals surface area contributed by atoms with Gasteiger partial charge in [0, 0.05) is 30.7 Å². The predicted octanol–water partition coefficient (Wildman–Crippen LogP) is 3.21. The van der Waals surface area contributed by atoms with Crippen LogP contribution in [0.15, 0.2) is 22.7 Å². The highest BCUT2D eigenvalue weighted by Gasteiger charge is 2.31. The molecule has 1 fully saturated rings. The number of nitrogens with zero attached hydrogens (tertiary/aromatic N) is 1. The molecule has 1 aromatic rings. The van der Waals surface area contributed by atoms with Crippen LogP contribution in [0.25, 0.3) is 0 Å². The van der Waals surface area contributed by atoms with Gasteiger partial charge in [0.25, 0.3) is 6.43 Å². The number of phenols is 1. The van der Waals surface area contributed by atoms with Crippen molar-refractivity contribution in [1.82, 2.24) is 10.2 Å². The molecule has 0 radical (unpaired) electrons. The normalized spacial score (nSPS) is 17.2. The molecule has 1 atom stereocenters. The van der Waals surface area contributed by atoms with Crippen LogP contribution in [-0.2, 0) is 0 Å². The maximum atomic E-state index is 13.3. The molecule has 0 unspecified atom stereocenters. The first-order valence-corrected chi connectivity index (χ1v) is 6.60. The molecule has 0 aromatic heterocycles. The smallest absolute Gasteiger partial charge is 0.258 e. The zero-order valence-corrected chi connectivity index (χ0v) is 13.8. The second-order valence-electron chi connectivity index (χ2n) is 4.27. The molecule has 116 valence electrons. The minimum absolute atomic E-state index is 0. The first-order chi connectivity index (χ1) is 8.59. The van der Waals surface area contributed by atoms with Crippen LogP contribution in [0.1, 0.15) is 11.6 Å². The molecule has 20 heavy (non-hydrogen) atoms. The number of hydrogen-bond acceptors (Lipinski definition) is 3. The Hall–Kier alpha value is -0.140. The molecule has 1 aliphatic rings. The van der Waals surface area contributed by atoms with Gasteiger partial charge in [0.2, 0.25) is 0 Å². The summed E-state index contributed by atoms with van der Waals surface area (Å²) >= 11 is 3.28. The van der Waals surface area contributed by atoms with Gasteiger partial charge in [-0.2, -0.15) is 0 Å². The predicted molar refractivity (Wildman–Crippen MR) is 83.5 cm³/mol. The standard InChI is InChI=1S/C12H15BrF2N2O.2ClH/c13-10-2-1-8(18)7-9(10)11(12(14)15)17-5-3-16-4-6-17;;/h1-2,7,11-12,16,18H,3-6H2;2*1H/t11-;;/m0../s1. The molecule has 1 aromatic carbocycles. The monoisotopic (exact) mass is 392 g/mol. The van der Waals surface area contributed by atoms with E-state index in [1.807, 2.05) is 0 Å². The average molecular weight is 394 g/mol. The molecule has 1 aliphatic heterocycles. The van der Waals surface area contributed by atoms with Gasteiger partial charge < -0.3 is 10.4 Å². The third kappa shape index (κ3) is 4.70. The number of halogens is 5. The van der Waals surface area contributed by atoms with Crippen LogP contribution in [0.5, 0.6) is 5.75 Å². The number of benzene rings is 1. The van der Waals surface area contributed by atoms with Crippen LogP contribution in [0.2, 0.25) is 0 Å². The molecule has 1 saturated heterocycles. The Bertz CT molecular complexity index is 420. The van der Waals surface area contributed by atoms with Crippen LogP contribution in [0.3, 0.4) is 0 Å². The van der Waals surface area contributed by atoms with Crippen LogP contribution >= 0.6 is 40.7 Å². The summed E-state index contributed by atoms with van der Waals surface area (Å²) < 4.78 is 27.2. The summed E-state index contributed by atoms with van der Waals surface area (Å²) in [5.74, 6) is 0.00832. The third-order valence-electron chi connectivity index (χ3n) is 3.08. The largest absolute Gasteiger partial charge is 0.508 e. The number of piperazine rings is 1. The van der Waals surface area contributed by atoms with Crippen molar-refractivity contribution in [1.29, 1.82) is 0 Å². The van der Waals surface area contributed by atoms with Crippen LogP contribution < -0.4 is 5.32 Å². The molecule has 0 aliphatic carbocycles. The Kier molecular flexibility index (Phi) is 8.93. The number of alkyl halides is 2. The third-order valence-corrected chi connectivity index (χ3v) is 3.80. The second-order valence-corrected chi connectivity index (χ2v) is 5.13. The summed E-state index contributed by atoms with van der Waals surface area (Å²) in [4.78, 5) is 1.75. The number of aromatic hydroxyl groups is 1. The summed E-state index contributed by atoms with van der Waals surface area (Å²) in [7, 11) is 0. The fraction of sp³-hybridized carbons (Fsp3) is 0.500. The molecule has 0 saturated carbocycles. The zero-order chi connectivity index (χ0) is 13.1. The molecular weight excluding hydrogens is 377 g/mol. The Morgan fingerprint density at radius 3 is 2.35 bits per heavy atom. The van der Waals surface area contributed by atoms with Gasteiger partial charge in [0.1, 0.15) is 5.75 Å². The van der Waals surface area contributed by atoms with E-state index in [0.717, 1.165) is 0 Å². The van der Waals surface area contributed by atoms with E-state index in [4.69, 9.17) is 0 Å². The number of phenolic OH excluding ortho intramolecular Hbond substituents is 1. The van der Waals surface area contributed by atoms with E-state index in [0.29, 0.717) is 36.2 Å². The van der Waals surface area contributed by atoms with Gasteiger partial charge in [-0.3, -0.25) is 4.90 Å². The fourth-order valence-electron chi connectivity index (χ4n) is 2.21. The van der Waals surface area contributed by atoms with Crippen LogP contribution in [0.4, 0.5) is 8.78 Å². The lowest BCUT2D eigenvalue weighted by molar-refractivity contribution is 0.0177. The highest BCUT2D eigenvalue weighted by molar-refractivity contribution is 9.10. The molecule has 1 heterocycles. The first kappa shape index (κ1) is 19.9. The van der Waals surface area contributed by atoms with E-state index in [-0.39, 0.29) is 30.6 Å². The van der Waals surface area contributed by atoms with E-state index in [9.17, 15) is 13.9 Å². The highest BCUT2D eigenvalue weighted by atomic mass is 79.9. The maximum Gasteiger partial charge on any atom is 0.258 e. The van der Waals surface area contributed by atoms with Gasteiger partial charge in [0.15, 0.2) is 0 Å². The zero-order valence-electron chi connectivity index (χ0n) is 10.6. The molecule has 3 nitrogen and oxygen atoms in total. The summed E-state index contributed by atoms with van der Waals surface area (Å²) in [6.45, 7) is 2.58. The van der Waals surface area contributed by atoms with Crippen molar-refractivity contribution in [3.8, 4) is 5.75 Å². The highest BCUT2D eigenvalue weighted by Crippen LogP contribution is 2.34. The van der Waals surface area contributed by atoms with Crippen LogP contribution in [0, 0.1) is 0 Å². The van der Waals surface area contributed by atoms with E-state index in [1.165, 1.54) is 12.1 Å². The van der Waals surface area contributed by atoms with Gasteiger partial charge in [-0.15, -0.1) is 24.8 Å². The molecule has 8 heteroatoms. The summed E-state index contributed by atoms with van der Waals surface area (Å²) in [6.07, 6.45) is -2.49. The van der Waals surface area contributed by atoms with E-state index < -0.39 is 12.5 Å². The van der Waals surface area contributed by atoms with Gasteiger partial charge in [-0.05, 0) is 23.8 Å². The van der Waals surface area contributed by atoms with Crippen molar-refractivity contribution >= 4 is 40.7 Å². The number of nitrogens with one attached hydrogen (secondary N) is 1. The van der Waals surface area contributed by atoms with Crippen molar-refractivity contribution in [3.05, 3.63) is 28.2 Å². The summed E-state index contributed by atoms with van der Waals surface area (Å²) in [5.41, 5.74) is 0.437. The summed E-state index contributed by atoms with van der Waals surface area (Å²) in [6, 6.07) is 3.51. The van der Waals surface area contributed by atoms with Crippen molar-refractivity contribution in [2.24, 2.45) is 0 Å². The topological polar surface area (TPSA) is 35.5 Å². The molecule has 2 rings (SSSR count). The van der Waals surface area contributed by atoms with E-state index in [2.05, 4.69) is 21.2 Å². The van der Waals surface area contributed by atoms with Gasteiger partial charge >= 0.3 is 0 Å². The van der Waals surface area contributed by atoms with Crippen molar-refractivity contribution < 1.29 is 13.9 Å². The van der Waals surface area contributed by atoms with Gasteiger partial charge in [0.05, 0.1) is 6.04 Å². The SMILES string of the molecule is Cl.Cl.Oc1ccc(Br)c([C@@H](C(F)F)N2CCNCC2)c1. The van der Waals surface area contributed by atoms with Crippen molar-refractivity contribution in [2.75, 3.05) is 26.2 Å². The van der Waals surface area contributed by atoms with E-state index >= 15 is 0 Å². The Morgan fingerprint density at radius 2 is 1.80 bits per heavy atom. The number of hydrogen-bond donors (Lipinski definition) is 2. The van der Waals surface area contributed by atoms with Crippen molar-refractivity contribution in [3.63, 3.8) is 0 Å². The number of rotatable bonds is 3. The molecule has 2 N–H and O–H groups in total.